The van der Waals surface area contributed by atoms with Crippen molar-refractivity contribution in [2.45, 2.75) is 33.1 Å². The minimum absolute atomic E-state index is 0.0720. The van der Waals surface area contributed by atoms with Crippen molar-refractivity contribution in [2.24, 2.45) is 5.41 Å². The van der Waals surface area contributed by atoms with E-state index in [9.17, 15) is 9.18 Å². The van der Waals surface area contributed by atoms with Crippen LogP contribution in [0.15, 0.2) is 18.2 Å². The van der Waals surface area contributed by atoms with E-state index < -0.39 is 5.82 Å². The maximum absolute atomic E-state index is 13.5. The number of methoxy groups -OCH3 is 1. The molecule has 118 valence electrons. The fraction of sp³-hybridized carbons (Fsp3) is 0.562. The first-order valence-electron chi connectivity index (χ1n) is 7.08. The molecule has 0 saturated heterocycles. The summed E-state index contributed by atoms with van der Waals surface area (Å²) < 4.78 is 18.4. The van der Waals surface area contributed by atoms with Gasteiger partial charge >= 0.3 is 0 Å². The van der Waals surface area contributed by atoms with E-state index in [2.05, 4.69) is 5.32 Å². The molecule has 4 nitrogen and oxygen atoms in total. The predicted molar refractivity (Wildman–Crippen MR) is 79.8 cm³/mol. The zero-order valence-corrected chi connectivity index (χ0v) is 12.9. The van der Waals surface area contributed by atoms with Crippen molar-refractivity contribution < 1.29 is 19.0 Å². The summed E-state index contributed by atoms with van der Waals surface area (Å²) >= 11 is 0. The Bertz CT molecular complexity index is 475. The Balaban J connectivity index is 2.41. The molecule has 0 aromatic heterocycles. The van der Waals surface area contributed by atoms with Crippen LogP contribution in [0.25, 0.3) is 0 Å². The van der Waals surface area contributed by atoms with Gasteiger partial charge in [0.2, 0.25) is 5.91 Å². The van der Waals surface area contributed by atoms with E-state index >= 15 is 0 Å². The zero-order chi connectivity index (χ0) is 15.9. The highest BCUT2D eigenvalue weighted by molar-refractivity contribution is 5.76. The summed E-state index contributed by atoms with van der Waals surface area (Å²) in [5.74, 6) is -0.286. The fourth-order valence-corrected chi connectivity index (χ4v) is 1.94. The minimum Gasteiger partial charge on any atom is -0.494 e. The molecule has 0 radical (unpaired) electrons. The first-order valence-corrected chi connectivity index (χ1v) is 7.08. The molecule has 0 atom stereocenters. The molecule has 0 fully saturated rings. The number of aliphatic hydroxyl groups excluding tert-OH is 1. The van der Waals surface area contributed by atoms with Crippen molar-refractivity contribution in [1.82, 2.24) is 5.32 Å². The van der Waals surface area contributed by atoms with E-state index in [1.54, 1.807) is 12.1 Å². The molecule has 2 N–H and O–H groups in total. The molecule has 1 rings (SSSR count). The lowest BCUT2D eigenvalue weighted by Gasteiger charge is -2.23. The standard InChI is InChI=1S/C16H24FNO3/c1-16(2,8-9-19)11-18-15(20)7-5-12-4-6-14(21-3)13(17)10-12/h4,6,10,19H,5,7-9,11H2,1-3H3,(H,18,20). The Labute approximate surface area is 125 Å². The second kappa shape index (κ2) is 7.98. The number of benzene rings is 1. The topological polar surface area (TPSA) is 58.6 Å². The largest absolute Gasteiger partial charge is 0.494 e. The number of carbonyl (C=O) groups excluding carboxylic acids is 1. The van der Waals surface area contributed by atoms with Gasteiger partial charge in [0.05, 0.1) is 7.11 Å². The lowest BCUT2D eigenvalue weighted by molar-refractivity contribution is -0.121. The van der Waals surface area contributed by atoms with Crippen molar-refractivity contribution in [3.63, 3.8) is 0 Å². The number of hydrogen-bond donors (Lipinski definition) is 2. The normalized spacial score (nSPS) is 11.3. The predicted octanol–water partition coefficient (Wildman–Crippen LogP) is 2.29. The second-order valence-electron chi connectivity index (χ2n) is 5.88. The van der Waals surface area contributed by atoms with Gasteiger partial charge in [0.15, 0.2) is 11.6 Å². The number of aryl methyl sites for hydroxylation is 1. The Kier molecular flexibility index (Phi) is 6.62. The molecule has 0 bridgehead atoms. The lowest BCUT2D eigenvalue weighted by Crippen LogP contribution is -2.34. The van der Waals surface area contributed by atoms with Crippen LogP contribution in [0, 0.1) is 11.2 Å². The highest BCUT2D eigenvalue weighted by Gasteiger charge is 2.18. The average molecular weight is 297 g/mol. The fourth-order valence-electron chi connectivity index (χ4n) is 1.94. The molecule has 21 heavy (non-hydrogen) atoms. The van der Waals surface area contributed by atoms with E-state index in [4.69, 9.17) is 9.84 Å². The molecular formula is C16H24FNO3. The van der Waals surface area contributed by atoms with Crippen molar-refractivity contribution in [3.8, 4) is 5.75 Å². The number of ether oxygens (including phenoxy) is 1. The van der Waals surface area contributed by atoms with Crippen LogP contribution in [0.1, 0.15) is 32.3 Å². The summed E-state index contributed by atoms with van der Waals surface area (Å²) in [5.41, 5.74) is 0.634. The highest BCUT2D eigenvalue weighted by atomic mass is 19.1. The van der Waals surface area contributed by atoms with E-state index in [1.807, 2.05) is 13.8 Å². The Morgan fingerprint density at radius 1 is 1.43 bits per heavy atom. The van der Waals surface area contributed by atoms with Crippen molar-refractivity contribution in [3.05, 3.63) is 29.6 Å². The molecule has 1 amide bonds. The van der Waals surface area contributed by atoms with Crippen molar-refractivity contribution in [2.75, 3.05) is 20.3 Å². The van der Waals surface area contributed by atoms with E-state index in [-0.39, 0.29) is 23.7 Å². The van der Waals surface area contributed by atoms with Gasteiger partial charge in [-0.3, -0.25) is 4.79 Å². The van der Waals surface area contributed by atoms with E-state index in [1.165, 1.54) is 13.2 Å². The van der Waals surface area contributed by atoms with Crippen LogP contribution in [0.3, 0.4) is 0 Å². The molecule has 0 saturated carbocycles. The summed E-state index contributed by atoms with van der Waals surface area (Å²) in [6, 6.07) is 4.71. The summed E-state index contributed by atoms with van der Waals surface area (Å²) in [5, 5.41) is 11.8. The summed E-state index contributed by atoms with van der Waals surface area (Å²) in [7, 11) is 1.42. The Hall–Kier alpha value is -1.62. The van der Waals surface area contributed by atoms with Gasteiger partial charge in [-0.1, -0.05) is 19.9 Å². The Morgan fingerprint density at radius 3 is 2.71 bits per heavy atom. The number of carbonyl (C=O) groups is 1. The van der Waals surface area contributed by atoms with Crippen LogP contribution >= 0.6 is 0 Å². The number of aliphatic hydroxyl groups is 1. The number of nitrogens with one attached hydrogen (secondary N) is 1. The number of halogens is 1. The average Bonchev–Trinajstić information content (AvgIpc) is 2.43. The van der Waals surface area contributed by atoms with Crippen molar-refractivity contribution >= 4 is 5.91 Å². The van der Waals surface area contributed by atoms with Crippen LogP contribution in [-0.2, 0) is 11.2 Å². The molecule has 0 aliphatic heterocycles. The molecule has 0 aliphatic carbocycles. The van der Waals surface area contributed by atoms with Gasteiger partial charge in [0.25, 0.3) is 0 Å². The van der Waals surface area contributed by atoms with Gasteiger partial charge in [-0.2, -0.15) is 0 Å². The molecule has 1 aromatic carbocycles. The van der Waals surface area contributed by atoms with Gasteiger partial charge in [0.1, 0.15) is 0 Å². The molecule has 0 aliphatic rings. The quantitative estimate of drug-likeness (QED) is 0.774. The highest BCUT2D eigenvalue weighted by Crippen LogP contribution is 2.19. The van der Waals surface area contributed by atoms with Gasteiger partial charge in [0, 0.05) is 19.6 Å². The summed E-state index contributed by atoms with van der Waals surface area (Å²) in [6.07, 6.45) is 1.42. The molecule has 1 aromatic rings. The zero-order valence-electron chi connectivity index (χ0n) is 12.9. The van der Waals surface area contributed by atoms with Crippen LogP contribution in [-0.4, -0.2) is 31.3 Å². The smallest absolute Gasteiger partial charge is 0.220 e. The molecule has 0 unspecified atom stereocenters. The van der Waals surface area contributed by atoms with E-state index in [0.29, 0.717) is 25.8 Å². The molecule has 0 spiro atoms. The first-order chi connectivity index (χ1) is 9.88. The number of amides is 1. The summed E-state index contributed by atoms with van der Waals surface area (Å²) in [6.45, 7) is 4.60. The van der Waals surface area contributed by atoms with Crippen LogP contribution in [0.2, 0.25) is 0 Å². The van der Waals surface area contributed by atoms with Crippen LogP contribution < -0.4 is 10.1 Å². The third-order valence-corrected chi connectivity index (χ3v) is 3.41. The third-order valence-electron chi connectivity index (χ3n) is 3.41. The maximum atomic E-state index is 13.5. The first kappa shape index (κ1) is 17.4. The number of rotatable bonds is 8. The van der Waals surface area contributed by atoms with Crippen LogP contribution in [0.4, 0.5) is 4.39 Å². The van der Waals surface area contributed by atoms with Gasteiger partial charge in [-0.25, -0.2) is 4.39 Å². The Morgan fingerprint density at radius 2 is 2.14 bits per heavy atom. The maximum Gasteiger partial charge on any atom is 0.220 e. The molecule has 0 heterocycles. The molecular weight excluding hydrogens is 273 g/mol. The van der Waals surface area contributed by atoms with E-state index in [0.717, 1.165) is 5.56 Å². The van der Waals surface area contributed by atoms with Crippen LogP contribution in [0.5, 0.6) is 5.75 Å². The van der Waals surface area contributed by atoms with Gasteiger partial charge < -0.3 is 15.2 Å². The second-order valence-corrected chi connectivity index (χ2v) is 5.88. The number of hydrogen-bond acceptors (Lipinski definition) is 3. The molecule has 5 heteroatoms. The minimum atomic E-state index is -0.417. The lowest BCUT2D eigenvalue weighted by atomic mass is 9.90. The van der Waals surface area contributed by atoms with Crippen molar-refractivity contribution in [1.29, 1.82) is 0 Å². The summed E-state index contributed by atoms with van der Waals surface area (Å²) in [4.78, 5) is 11.8. The van der Waals surface area contributed by atoms with Gasteiger partial charge in [-0.15, -0.1) is 0 Å². The monoisotopic (exact) mass is 297 g/mol. The SMILES string of the molecule is COc1ccc(CCC(=O)NCC(C)(C)CCO)cc1F. The van der Waals surface area contributed by atoms with Gasteiger partial charge in [-0.05, 0) is 36.0 Å². The third kappa shape index (κ3) is 6.12.